The van der Waals surface area contributed by atoms with E-state index in [1.165, 1.54) is 6.08 Å². The Morgan fingerprint density at radius 3 is 1.33 bits per heavy atom. The summed E-state index contributed by atoms with van der Waals surface area (Å²) in [6, 6.07) is 0. The van der Waals surface area contributed by atoms with E-state index in [0.717, 1.165) is 0 Å². The summed E-state index contributed by atoms with van der Waals surface area (Å²) in [4.78, 5) is 0. The van der Waals surface area contributed by atoms with E-state index < -0.39 is 0 Å². The molecule has 0 nitrogen and oxygen atoms in total. The molecule has 9 heavy (non-hydrogen) atoms. The van der Waals surface area contributed by atoms with Crippen molar-refractivity contribution in [1.29, 1.82) is 0 Å². The summed E-state index contributed by atoms with van der Waals surface area (Å²) in [5.74, 6) is 0. The van der Waals surface area contributed by atoms with E-state index in [1.807, 2.05) is 0 Å². The van der Waals surface area contributed by atoms with Crippen LogP contribution in [0.1, 0.15) is 0 Å². The molecule has 0 aromatic carbocycles. The van der Waals surface area contributed by atoms with E-state index in [1.54, 1.807) is 0 Å². The van der Waals surface area contributed by atoms with E-state index in [9.17, 15) is 0 Å². The number of rotatable bonds is 0. The van der Waals surface area contributed by atoms with Gasteiger partial charge in [0.15, 0.2) is 0 Å². The molecular weight excluding hydrogens is 160 g/mol. The van der Waals surface area contributed by atoms with Gasteiger partial charge in [-0.05, 0) is 0 Å². The molecule has 0 aliphatic heterocycles. The summed E-state index contributed by atoms with van der Waals surface area (Å²) in [6.07, 6.45) is 1.50. The maximum absolute atomic E-state index is 3.25. The van der Waals surface area contributed by atoms with Gasteiger partial charge in [-0.15, -0.1) is 12.4 Å². The first-order valence-corrected chi connectivity index (χ1v) is 5.32. The summed E-state index contributed by atoms with van der Waals surface area (Å²) in [5.41, 5.74) is 0. The predicted molar refractivity (Wildman–Crippen MR) is 51.9 cm³/mol. The topological polar surface area (TPSA) is 0 Å². The van der Waals surface area contributed by atoms with Crippen LogP contribution >= 0.6 is 12.4 Å². The monoisotopic (exact) mass is 174 g/mol. The zero-order valence-corrected chi connectivity index (χ0v) is 9.84. The van der Waals surface area contributed by atoms with Crippen molar-refractivity contribution in [1.82, 2.24) is 0 Å². The van der Waals surface area contributed by atoms with Crippen LogP contribution in [0, 0.1) is 6.92 Å². The van der Waals surface area contributed by atoms with Gasteiger partial charge in [-0.2, -0.15) is 19.6 Å². The minimum atomic E-state index is 0. The maximum Gasteiger partial charge on any atom is 2.00 e. The van der Waals surface area contributed by atoms with Crippen LogP contribution in [-0.4, -0.2) is 31.8 Å². The van der Waals surface area contributed by atoms with Crippen molar-refractivity contribution in [3.05, 3.63) is 19.6 Å². The van der Waals surface area contributed by atoms with Crippen LogP contribution in [0.4, 0.5) is 0 Å². The number of allylic oxidation sites excluding steroid dienone is 1. The Hall–Kier alpha value is 0.883. The Kier molecular flexibility index (Phi) is 58.0. The van der Waals surface area contributed by atoms with Gasteiger partial charge in [-0.3, -0.25) is 8.80 Å². The fraction of sp³-hybridized carbons (Fsp3) is 0.500. The van der Waals surface area contributed by atoms with Gasteiger partial charge in [-0.25, -0.2) is 19.6 Å². The van der Waals surface area contributed by atoms with Crippen LogP contribution in [-0.2, 0) is 0 Å². The molecule has 0 bridgehead atoms. The molecule has 3 heteroatoms. The normalized spacial score (nSPS) is 5.33. The Morgan fingerprint density at radius 2 is 1.33 bits per heavy atom. The smallest absolute Gasteiger partial charge is 0.271 e. The summed E-state index contributed by atoms with van der Waals surface area (Å²) in [7, 11) is 0.120. The molecule has 0 fully saturated rings. The van der Waals surface area contributed by atoms with Crippen molar-refractivity contribution in [2.75, 3.05) is 0 Å². The average Bonchev–Trinajstić information content (AvgIpc) is 1.33. The van der Waals surface area contributed by atoms with Crippen molar-refractivity contribution >= 4 is 44.3 Å². The van der Waals surface area contributed by atoms with Gasteiger partial charge in [0.2, 0.25) is 0 Å². The van der Waals surface area contributed by atoms with Gasteiger partial charge < -0.3 is 0 Å². The summed E-state index contributed by atoms with van der Waals surface area (Å²) >= 11 is 0. The number of hydrogen-bond acceptors (Lipinski definition) is 0. The van der Waals surface area contributed by atoms with Gasteiger partial charge in [-0.1, -0.05) is 0 Å². The third-order valence-corrected chi connectivity index (χ3v) is 0. The fourth-order valence-corrected chi connectivity index (χ4v) is 0. The van der Waals surface area contributed by atoms with Crippen molar-refractivity contribution in [2.45, 2.75) is 19.6 Å². The molecule has 0 aliphatic rings. The molecule has 0 heterocycles. The zero-order valence-electron chi connectivity index (χ0n) is 6.61. The van der Waals surface area contributed by atoms with E-state index in [-0.39, 0.29) is 44.3 Å². The molecule has 0 spiro atoms. The molecule has 0 N–H and O–H groups in total. The van der Waals surface area contributed by atoms with Crippen molar-refractivity contribution in [2.24, 2.45) is 0 Å². The number of halogens is 1. The molecule has 0 saturated heterocycles. The average molecular weight is 175 g/mol. The molecular formula is C6H15ClMgSi. The Bertz CT molecular complexity index is 37.3. The van der Waals surface area contributed by atoms with Crippen LogP contribution in [0.15, 0.2) is 12.7 Å². The van der Waals surface area contributed by atoms with Crippen molar-refractivity contribution < 1.29 is 0 Å². The Balaban J connectivity index is -0.0000000233. The SMILES string of the molecule is C=C[CH2-].C[Si-](C)C.Cl.[Mg+2]. The second-order valence-electron chi connectivity index (χ2n) is 1.79. The van der Waals surface area contributed by atoms with Gasteiger partial charge in [0.05, 0.1) is 0 Å². The second kappa shape index (κ2) is 23.2. The third-order valence-electron chi connectivity index (χ3n) is 0. The Labute approximate surface area is 83.3 Å². The summed E-state index contributed by atoms with van der Waals surface area (Å²) in [6.45, 7) is 13.3. The first-order valence-electron chi connectivity index (χ1n) is 2.32. The van der Waals surface area contributed by atoms with Crippen LogP contribution in [0.2, 0.25) is 19.6 Å². The van der Waals surface area contributed by atoms with E-state index in [0.29, 0.717) is 0 Å². The summed E-state index contributed by atoms with van der Waals surface area (Å²) in [5, 5.41) is 0. The van der Waals surface area contributed by atoms with Crippen LogP contribution in [0.5, 0.6) is 0 Å². The largest absolute Gasteiger partial charge is 2.00 e. The standard InChI is InChI=1S/C3H9Si.C3H5.ClH.Mg/c1-4(2)3;1-3-2;;/h1-3H3;3H,1-2H2;1H;/q2*-1;;+2. The Morgan fingerprint density at radius 1 is 1.33 bits per heavy atom. The molecule has 0 radical (unpaired) electrons. The second-order valence-corrected chi connectivity index (χ2v) is 4.79. The molecule has 0 saturated carbocycles. The van der Waals surface area contributed by atoms with E-state index in [4.69, 9.17) is 0 Å². The molecule has 0 aromatic rings. The van der Waals surface area contributed by atoms with E-state index >= 15 is 0 Å². The molecule has 52 valence electrons. The van der Waals surface area contributed by atoms with E-state index in [2.05, 4.69) is 33.1 Å². The minimum absolute atomic E-state index is 0. The predicted octanol–water partition coefficient (Wildman–Crippen LogP) is 2.42. The van der Waals surface area contributed by atoms with Gasteiger partial charge in [0, 0.05) is 0 Å². The maximum atomic E-state index is 3.25. The van der Waals surface area contributed by atoms with Gasteiger partial charge in [0.1, 0.15) is 0 Å². The van der Waals surface area contributed by atoms with Gasteiger partial charge >= 0.3 is 23.1 Å². The van der Waals surface area contributed by atoms with Crippen molar-refractivity contribution in [3.8, 4) is 0 Å². The summed E-state index contributed by atoms with van der Waals surface area (Å²) < 4.78 is 0. The fourth-order valence-electron chi connectivity index (χ4n) is 0. The van der Waals surface area contributed by atoms with Crippen LogP contribution in [0.3, 0.4) is 0 Å². The number of hydrogen-bond donors (Lipinski definition) is 0. The van der Waals surface area contributed by atoms with Gasteiger partial charge in [0.25, 0.3) is 0 Å². The molecule has 0 rings (SSSR count). The first kappa shape index (κ1) is 22.5. The van der Waals surface area contributed by atoms with Crippen LogP contribution in [0.25, 0.3) is 0 Å². The third kappa shape index (κ3) is 540. The van der Waals surface area contributed by atoms with Crippen LogP contribution < -0.4 is 0 Å². The first-order chi connectivity index (χ1) is 3.15. The molecule has 0 amide bonds. The molecule has 0 unspecified atom stereocenters. The molecule has 0 aromatic heterocycles. The molecule has 0 atom stereocenters. The van der Waals surface area contributed by atoms with Crippen molar-refractivity contribution in [3.63, 3.8) is 0 Å². The zero-order chi connectivity index (χ0) is 6.28. The molecule has 0 aliphatic carbocycles. The minimum Gasteiger partial charge on any atom is -0.271 e. The quantitative estimate of drug-likeness (QED) is 0.391.